The Bertz CT molecular complexity index is 703. The van der Waals surface area contributed by atoms with Crippen LogP contribution in [0, 0.1) is 25.2 Å². The molecule has 3 rings (SSSR count). The number of ether oxygens (including phenoxy) is 1. The Labute approximate surface area is 157 Å². The van der Waals surface area contributed by atoms with Crippen molar-refractivity contribution in [1.82, 2.24) is 14.9 Å². The lowest BCUT2D eigenvalue weighted by Gasteiger charge is -2.33. The van der Waals surface area contributed by atoms with Crippen LogP contribution in [0.1, 0.15) is 29.8 Å². The lowest BCUT2D eigenvalue weighted by Crippen LogP contribution is -2.45. The molecule has 0 unspecified atom stereocenters. The number of hydrogen-bond acceptors (Lipinski definition) is 6. The van der Waals surface area contributed by atoms with Crippen LogP contribution in [-0.2, 0) is 20.7 Å². The van der Waals surface area contributed by atoms with Gasteiger partial charge in [0, 0.05) is 43.4 Å². The van der Waals surface area contributed by atoms with Gasteiger partial charge in [0.2, 0.25) is 5.91 Å². The summed E-state index contributed by atoms with van der Waals surface area (Å²) in [5.74, 6) is -0.938. The van der Waals surface area contributed by atoms with E-state index < -0.39 is 11.4 Å². The van der Waals surface area contributed by atoms with E-state index in [-0.39, 0.29) is 18.4 Å². The molecule has 1 aromatic heterocycles. The first-order chi connectivity index (χ1) is 12.4. The summed E-state index contributed by atoms with van der Waals surface area (Å²) in [4.78, 5) is 35.2. The van der Waals surface area contributed by atoms with E-state index >= 15 is 0 Å². The van der Waals surface area contributed by atoms with E-state index in [0.717, 1.165) is 22.1 Å². The Morgan fingerprint density at radius 2 is 2.04 bits per heavy atom. The van der Waals surface area contributed by atoms with E-state index in [4.69, 9.17) is 4.74 Å². The Kier molecular flexibility index (Phi) is 5.53. The number of rotatable bonds is 5. The summed E-state index contributed by atoms with van der Waals surface area (Å²) in [6.07, 6.45) is 3.32. The fourth-order valence-electron chi connectivity index (χ4n) is 4.04. The minimum Gasteiger partial charge on any atom is -0.481 e. The minimum atomic E-state index is -0.844. The zero-order valence-electron chi connectivity index (χ0n) is 15.4. The second-order valence-corrected chi connectivity index (χ2v) is 7.89. The lowest BCUT2D eigenvalue weighted by atomic mass is 9.74. The van der Waals surface area contributed by atoms with Crippen LogP contribution in [0.15, 0.2) is 5.16 Å². The van der Waals surface area contributed by atoms with Crippen LogP contribution in [0.2, 0.25) is 0 Å². The molecular formula is C18H25N3O4S. The molecule has 1 N–H and O–H groups in total. The second-order valence-electron chi connectivity index (χ2n) is 7.12. The Morgan fingerprint density at radius 1 is 1.35 bits per heavy atom. The molecule has 1 amide bonds. The third kappa shape index (κ3) is 3.44. The third-order valence-electron chi connectivity index (χ3n) is 5.66. The highest BCUT2D eigenvalue weighted by Gasteiger charge is 2.54. The first-order valence-corrected chi connectivity index (χ1v) is 10.1. The molecule has 142 valence electrons. The van der Waals surface area contributed by atoms with Gasteiger partial charge >= 0.3 is 5.97 Å². The average Bonchev–Trinajstić information content (AvgIpc) is 3.01. The van der Waals surface area contributed by atoms with Gasteiger partial charge in [0.15, 0.2) is 5.16 Å². The molecular weight excluding hydrogens is 354 g/mol. The zero-order chi connectivity index (χ0) is 18.9. The molecule has 0 aromatic carbocycles. The van der Waals surface area contributed by atoms with Crippen LogP contribution >= 0.6 is 11.8 Å². The molecule has 1 aromatic rings. The predicted molar refractivity (Wildman–Crippen MR) is 97.2 cm³/mol. The smallest absolute Gasteiger partial charge is 0.311 e. The average molecular weight is 379 g/mol. The molecule has 0 aliphatic carbocycles. The molecule has 0 bridgehead atoms. The quantitative estimate of drug-likeness (QED) is 0.615. The molecule has 2 fully saturated rings. The number of aromatic nitrogens is 2. The summed E-state index contributed by atoms with van der Waals surface area (Å²) in [6.45, 7) is 5.49. The summed E-state index contributed by atoms with van der Waals surface area (Å²) in [5.41, 5.74) is 1.97. The summed E-state index contributed by atoms with van der Waals surface area (Å²) in [6, 6.07) is 0. The Balaban J connectivity index is 1.67. The topological polar surface area (TPSA) is 92.6 Å². The summed E-state index contributed by atoms with van der Waals surface area (Å²) >= 11 is 1.50. The Hall–Kier alpha value is -1.67. The minimum absolute atomic E-state index is 0.00670. The van der Waals surface area contributed by atoms with E-state index in [0.29, 0.717) is 39.0 Å². The number of amides is 1. The number of carbonyl (C=O) groups excluding carboxylic acids is 1. The van der Waals surface area contributed by atoms with Crippen molar-refractivity contribution in [3.63, 3.8) is 0 Å². The van der Waals surface area contributed by atoms with E-state index in [1.165, 1.54) is 11.8 Å². The number of carboxylic acids is 1. The van der Waals surface area contributed by atoms with Crippen LogP contribution in [0.4, 0.5) is 0 Å². The number of aliphatic carboxylic acids is 1. The number of likely N-dealkylation sites (tertiary alicyclic amines) is 1. The maximum atomic E-state index is 12.7. The van der Waals surface area contributed by atoms with Crippen molar-refractivity contribution in [3.05, 3.63) is 17.0 Å². The number of hydrogen-bond donors (Lipinski definition) is 1. The highest BCUT2D eigenvalue weighted by atomic mass is 32.2. The van der Waals surface area contributed by atoms with Gasteiger partial charge in [-0.25, -0.2) is 9.97 Å². The third-order valence-corrected chi connectivity index (χ3v) is 6.20. The van der Waals surface area contributed by atoms with Gasteiger partial charge in [-0.2, -0.15) is 0 Å². The SMILES string of the molecule is CSc1nc(C)c(CCC(=O)N2C[C@H]3COCC[C@@]3(C(=O)O)C2)c(C)n1. The first-order valence-electron chi connectivity index (χ1n) is 8.84. The fraction of sp³-hybridized carbons (Fsp3) is 0.667. The van der Waals surface area contributed by atoms with Gasteiger partial charge in [0.05, 0.1) is 12.0 Å². The normalized spacial score (nSPS) is 25.2. The summed E-state index contributed by atoms with van der Waals surface area (Å²) in [7, 11) is 0. The standard InChI is InChI=1S/C18H25N3O4S/c1-11-14(12(2)20-17(19-11)26-3)4-5-15(22)21-8-13-9-25-7-6-18(13,10-21)16(23)24/h13H,4-10H2,1-3H3,(H,23,24)/t13-,18+/m0/s1. The van der Waals surface area contributed by atoms with Crippen LogP contribution in [-0.4, -0.2) is 64.4 Å². The molecule has 7 nitrogen and oxygen atoms in total. The number of nitrogens with zero attached hydrogens (tertiary/aromatic N) is 3. The van der Waals surface area contributed by atoms with Crippen LogP contribution < -0.4 is 0 Å². The van der Waals surface area contributed by atoms with E-state index in [9.17, 15) is 14.7 Å². The largest absolute Gasteiger partial charge is 0.481 e. The lowest BCUT2D eigenvalue weighted by molar-refractivity contribution is -0.157. The molecule has 2 saturated heterocycles. The Morgan fingerprint density at radius 3 is 2.62 bits per heavy atom. The van der Waals surface area contributed by atoms with Crippen LogP contribution in [0.25, 0.3) is 0 Å². The van der Waals surface area contributed by atoms with Crippen molar-refractivity contribution in [2.75, 3.05) is 32.6 Å². The van der Waals surface area contributed by atoms with Crippen molar-refractivity contribution in [2.24, 2.45) is 11.3 Å². The highest BCUT2D eigenvalue weighted by molar-refractivity contribution is 7.98. The van der Waals surface area contributed by atoms with E-state index in [1.807, 2.05) is 20.1 Å². The summed E-state index contributed by atoms with van der Waals surface area (Å²) < 4.78 is 5.45. The van der Waals surface area contributed by atoms with Gasteiger partial charge in [0.25, 0.3) is 0 Å². The van der Waals surface area contributed by atoms with Gasteiger partial charge in [-0.05, 0) is 38.5 Å². The number of carboxylic acid groups (broad SMARTS) is 1. The van der Waals surface area contributed by atoms with Crippen LogP contribution in [0.3, 0.4) is 0 Å². The fourth-order valence-corrected chi connectivity index (χ4v) is 4.50. The van der Waals surface area contributed by atoms with E-state index in [2.05, 4.69) is 9.97 Å². The monoisotopic (exact) mass is 379 g/mol. The molecule has 26 heavy (non-hydrogen) atoms. The van der Waals surface area contributed by atoms with Crippen molar-refractivity contribution < 1.29 is 19.4 Å². The molecule has 0 spiro atoms. The van der Waals surface area contributed by atoms with Gasteiger partial charge in [-0.15, -0.1) is 0 Å². The molecule has 2 aliphatic rings. The molecule has 0 radical (unpaired) electrons. The van der Waals surface area contributed by atoms with E-state index in [1.54, 1.807) is 4.90 Å². The molecule has 0 saturated carbocycles. The summed E-state index contributed by atoms with van der Waals surface area (Å²) in [5, 5.41) is 10.5. The molecule has 3 heterocycles. The number of thioether (sulfide) groups is 1. The molecule has 2 aliphatic heterocycles. The second kappa shape index (κ2) is 7.52. The van der Waals surface area contributed by atoms with Crippen molar-refractivity contribution in [1.29, 1.82) is 0 Å². The molecule has 8 heteroatoms. The number of carbonyl (C=O) groups is 2. The van der Waals surface area contributed by atoms with Gasteiger partial charge in [-0.1, -0.05) is 11.8 Å². The van der Waals surface area contributed by atoms with Gasteiger partial charge in [-0.3, -0.25) is 9.59 Å². The number of aryl methyl sites for hydroxylation is 2. The maximum Gasteiger partial charge on any atom is 0.311 e. The number of fused-ring (bicyclic) bond motifs is 1. The van der Waals surface area contributed by atoms with Gasteiger partial charge < -0.3 is 14.7 Å². The van der Waals surface area contributed by atoms with Crippen molar-refractivity contribution >= 4 is 23.6 Å². The predicted octanol–water partition coefficient (Wildman–Crippen LogP) is 1.70. The maximum absolute atomic E-state index is 12.7. The highest BCUT2D eigenvalue weighted by Crippen LogP contribution is 2.42. The van der Waals surface area contributed by atoms with Gasteiger partial charge in [0.1, 0.15) is 0 Å². The molecule has 2 atom stereocenters. The zero-order valence-corrected chi connectivity index (χ0v) is 16.3. The van der Waals surface area contributed by atoms with Crippen molar-refractivity contribution in [2.45, 2.75) is 38.3 Å². The van der Waals surface area contributed by atoms with Crippen LogP contribution in [0.5, 0.6) is 0 Å². The first kappa shape index (κ1) is 19.1. The van der Waals surface area contributed by atoms with Crippen molar-refractivity contribution in [3.8, 4) is 0 Å².